The lowest BCUT2D eigenvalue weighted by atomic mass is 9.75. The van der Waals surface area contributed by atoms with E-state index in [-0.39, 0.29) is 0 Å². The van der Waals surface area contributed by atoms with Crippen LogP contribution < -0.4 is 4.74 Å². The molecule has 0 amide bonds. The van der Waals surface area contributed by atoms with Crippen molar-refractivity contribution in [3.05, 3.63) is 29.8 Å². The Kier molecular flexibility index (Phi) is 5.99. The summed E-state index contributed by atoms with van der Waals surface area (Å²) in [5, 5.41) is 0. The minimum absolute atomic E-state index is 0.542. The first-order valence-corrected chi connectivity index (χ1v) is 9.55. The quantitative estimate of drug-likeness (QED) is 0.707. The van der Waals surface area contributed by atoms with Gasteiger partial charge in [-0.3, -0.25) is 0 Å². The van der Waals surface area contributed by atoms with E-state index in [9.17, 15) is 0 Å². The molecule has 1 saturated heterocycles. The maximum atomic E-state index is 6.24. The maximum Gasteiger partial charge on any atom is 0.118 e. The molecule has 2 fully saturated rings. The Morgan fingerprint density at radius 2 is 1.74 bits per heavy atom. The first-order chi connectivity index (χ1) is 11.3. The molecule has 128 valence electrons. The minimum Gasteiger partial charge on any atom is -0.497 e. The van der Waals surface area contributed by atoms with E-state index in [1.807, 2.05) is 0 Å². The van der Waals surface area contributed by atoms with Crippen molar-refractivity contribution in [3.8, 4) is 5.75 Å². The number of hydrogen-bond donors (Lipinski definition) is 0. The fourth-order valence-corrected chi connectivity index (χ4v) is 4.53. The Morgan fingerprint density at radius 1 is 1.00 bits per heavy atom. The van der Waals surface area contributed by atoms with E-state index in [1.54, 1.807) is 7.11 Å². The molecule has 0 radical (unpaired) electrons. The third-order valence-electron chi connectivity index (χ3n) is 5.99. The van der Waals surface area contributed by atoms with E-state index >= 15 is 0 Å². The second-order valence-corrected chi connectivity index (χ2v) is 7.49. The summed E-state index contributed by atoms with van der Waals surface area (Å²) in [7, 11) is 1.73. The van der Waals surface area contributed by atoms with Gasteiger partial charge >= 0.3 is 0 Å². The Morgan fingerprint density at radius 3 is 2.30 bits per heavy atom. The average Bonchev–Trinajstić information content (AvgIpc) is 2.63. The molecule has 1 aromatic rings. The summed E-state index contributed by atoms with van der Waals surface area (Å²) in [4.78, 5) is 0. The van der Waals surface area contributed by atoms with Gasteiger partial charge < -0.3 is 9.47 Å². The van der Waals surface area contributed by atoms with Gasteiger partial charge in [-0.25, -0.2) is 0 Å². The van der Waals surface area contributed by atoms with Crippen LogP contribution in [0.5, 0.6) is 5.75 Å². The molecule has 1 aliphatic carbocycles. The van der Waals surface area contributed by atoms with Crippen LogP contribution >= 0.6 is 0 Å². The highest BCUT2D eigenvalue weighted by Crippen LogP contribution is 2.40. The molecule has 1 saturated carbocycles. The molecule has 23 heavy (non-hydrogen) atoms. The van der Waals surface area contributed by atoms with Gasteiger partial charge in [-0.15, -0.1) is 0 Å². The smallest absolute Gasteiger partial charge is 0.118 e. The van der Waals surface area contributed by atoms with Crippen LogP contribution in [0.1, 0.15) is 69.8 Å². The van der Waals surface area contributed by atoms with Gasteiger partial charge in [0.1, 0.15) is 5.75 Å². The van der Waals surface area contributed by atoms with Crippen molar-refractivity contribution < 1.29 is 9.47 Å². The van der Waals surface area contributed by atoms with Gasteiger partial charge in [-0.05, 0) is 80.4 Å². The Bertz CT molecular complexity index is 451. The number of hydrogen-bond acceptors (Lipinski definition) is 2. The largest absolute Gasteiger partial charge is 0.497 e. The molecule has 3 rings (SSSR count). The van der Waals surface area contributed by atoms with Gasteiger partial charge in [0, 0.05) is 6.61 Å². The topological polar surface area (TPSA) is 18.5 Å². The Hall–Kier alpha value is -1.02. The van der Waals surface area contributed by atoms with Crippen LogP contribution in [0, 0.1) is 11.8 Å². The van der Waals surface area contributed by atoms with Crippen LogP contribution in [0.15, 0.2) is 24.3 Å². The van der Waals surface area contributed by atoms with E-state index in [0.29, 0.717) is 6.10 Å². The zero-order valence-electron chi connectivity index (χ0n) is 14.8. The number of methoxy groups -OCH3 is 1. The molecule has 1 heterocycles. The zero-order chi connectivity index (χ0) is 16.1. The van der Waals surface area contributed by atoms with E-state index in [4.69, 9.17) is 9.47 Å². The van der Waals surface area contributed by atoms with E-state index in [1.165, 1.54) is 56.9 Å². The lowest BCUT2D eigenvalue weighted by Gasteiger charge is -2.38. The van der Waals surface area contributed by atoms with Gasteiger partial charge in [-0.2, -0.15) is 0 Å². The molecule has 0 spiro atoms. The summed E-state index contributed by atoms with van der Waals surface area (Å²) in [5.74, 6) is 3.31. The third kappa shape index (κ3) is 4.29. The Labute approximate surface area is 141 Å². The second kappa shape index (κ2) is 8.19. The fourth-order valence-electron chi connectivity index (χ4n) is 4.53. The van der Waals surface area contributed by atoms with Gasteiger partial charge in [0.15, 0.2) is 0 Å². The van der Waals surface area contributed by atoms with Gasteiger partial charge in [0.2, 0.25) is 0 Å². The van der Waals surface area contributed by atoms with Crippen LogP contribution in [0.4, 0.5) is 0 Å². The van der Waals surface area contributed by atoms with E-state index < -0.39 is 0 Å². The molecule has 2 atom stereocenters. The molecular formula is C21H32O2. The molecular weight excluding hydrogens is 284 g/mol. The van der Waals surface area contributed by atoms with Crippen molar-refractivity contribution in [1.82, 2.24) is 0 Å². The number of rotatable bonds is 5. The van der Waals surface area contributed by atoms with Crippen LogP contribution in [-0.4, -0.2) is 19.8 Å². The van der Waals surface area contributed by atoms with Crippen molar-refractivity contribution in [2.45, 2.75) is 70.3 Å². The molecule has 2 aliphatic rings. The van der Waals surface area contributed by atoms with Crippen LogP contribution in [0.3, 0.4) is 0 Å². The fraction of sp³-hybridized carbons (Fsp3) is 0.714. The monoisotopic (exact) mass is 316 g/mol. The first kappa shape index (κ1) is 16.8. The predicted octanol–water partition coefficient (Wildman–Crippen LogP) is 5.56. The normalized spacial score (nSPS) is 31.7. The summed E-state index contributed by atoms with van der Waals surface area (Å²) in [6.45, 7) is 3.30. The van der Waals surface area contributed by atoms with Crippen molar-refractivity contribution in [2.75, 3.05) is 13.7 Å². The summed E-state index contributed by atoms with van der Waals surface area (Å²) in [5.41, 5.74) is 1.48. The highest BCUT2D eigenvalue weighted by molar-refractivity contribution is 5.29. The predicted molar refractivity (Wildman–Crippen MR) is 95.1 cm³/mol. The summed E-state index contributed by atoms with van der Waals surface area (Å²) in [6, 6.07) is 8.69. The molecule has 0 bridgehead atoms. The first-order valence-electron chi connectivity index (χ1n) is 9.55. The maximum absolute atomic E-state index is 6.24. The lowest BCUT2D eigenvalue weighted by molar-refractivity contribution is -0.0575. The van der Waals surface area contributed by atoms with Crippen molar-refractivity contribution >= 4 is 0 Å². The number of benzene rings is 1. The SMILES string of the molecule is CCCC1CCC(C2CCC(c3ccc(OC)cc3)CC2)OC1. The summed E-state index contributed by atoms with van der Waals surface area (Å²) < 4.78 is 11.5. The molecule has 0 aromatic heterocycles. The molecule has 2 nitrogen and oxygen atoms in total. The van der Waals surface area contributed by atoms with Gasteiger partial charge in [0.25, 0.3) is 0 Å². The molecule has 2 unspecified atom stereocenters. The van der Waals surface area contributed by atoms with Crippen LogP contribution in [0.25, 0.3) is 0 Å². The summed E-state index contributed by atoms with van der Waals surface area (Å²) >= 11 is 0. The van der Waals surface area contributed by atoms with Crippen LogP contribution in [0.2, 0.25) is 0 Å². The molecule has 1 aliphatic heterocycles. The highest BCUT2D eigenvalue weighted by Gasteiger charge is 2.31. The van der Waals surface area contributed by atoms with Gasteiger partial charge in [-0.1, -0.05) is 25.5 Å². The second-order valence-electron chi connectivity index (χ2n) is 7.49. The molecule has 0 N–H and O–H groups in total. The molecule has 2 heteroatoms. The minimum atomic E-state index is 0.542. The summed E-state index contributed by atoms with van der Waals surface area (Å²) in [6.07, 6.45) is 11.2. The van der Waals surface area contributed by atoms with Gasteiger partial charge in [0.05, 0.1) is 13.2 Å². The van der Waals surface area contributed by atoms with Crippen LogP contribution in [-0.2, 0) is 4.74 Å². The zero-order valence-corrected chi connectivity index (χ0v) is 14.8. The van der Waals surface area contributed by atoms with E-state index in [2.05, 4.69) is 31.2 Å². The van der Waals surface area contributed by atoms with E-state index in [0.717, 1.165) is 30.1 Å². The van der Waals surface area contributed by atoms with Crippen molar-refractivity contribution in [3.63, 3.8) is 0 Å². The Balaban J connectivity index is 1.46. The average molecular weight is 316 g/mol. The third-order valence-corrected chi connectivity index (χ3v) is 5.99. The highest BCUT2D eigenvalue weighted by atomic mass is 16.5. The molecule has 1 aromatic carbocycles. The van der Waals surface area contributed by atoms with Crippen molar-refractivity contribution in [1.29, 1.82) is 0 Å². The number of ether oxygens (including phenoxy) is 2. The van der Waals surface area contributed by atoms with Crippen molar-refractivity contribution in [2.24, 2.45) is 11.8 Å². The lowest BCUT2D eigenvalue weighted by Crippen LogP contribution is -2.33. The standard InChI is InChI=1S/C21H32O2/c1-3-4-16-5-14-21(23-15-16)19-8-6-17(7-9-19)18-10-12-20(22-2)13-11-18/h10-13,16-17,19,21H,3-9,14-15H2,1-2H3.